The van der Waals surface area contributed by atoms with Crippen LogP contribution in [0.25, 0.3) is 0 Å². The lowest BCUT2D eigenvalue weighted by Gasteiger charge is -2.35. The van der Waals surface area contributed by atoms with Crippen molar-refractivity contribution in [1.82, 2.24) is 0 Å². The molecule has 100 valence electrons. The van der Waals surface area contributed by atoms with Crippen molar-refractivity contribution in [2.45, 2.75) is 31.2 Å². The van der Waals surface area contributed by atoms with E-state index in [2.05, 4.69) is 5.32 Å². The molecule has 1 aliphatic carbocycles. The van der Waals surface area contributed by atoms with Crippen LogP contribution in [-0.2, 0) is 4.79 Å². The predicted molar refractivity (Wildman–Crippen MR) is 68.5 cm³/mol. The summed E-state index contributed by atoms with van der Waals surface area (Å²) in [7, 11) is 0. The van der Waals surface area contributed by atoms with Crippen LogP contribution < -0.4 is 5.32 Å². The Balaban J connectivity index is 2.05. The number of hydrogen-bond donors (Lipinski definition) is 3. The second kappa shape index (κ2) is 4.26. The fourth-order valence-electron chi connectivity index (χ4n) is 3.43. The van der Waals surface area contributed by atoms with Crippen LogP contribution in [0.15, 0.2) is 18.2 Å². The Kier molecular flexibility index (Phi) is 2.69. The Morgan fingerprint density at radius 2 is 2.00 bits per heavy atom. The first-order valence-electron chi connectivity index (χ1n) is 6.44. The SMILES string of the molecule is O=C(O)c1ccc2c(c1)NC(C(=O)O)C1CCCC21. The van der Waals surface area contributed by atoms with Crippen LogP contribution in [0.3, 0.4) is 0 Å². The summed E-state index contributed by atoms with van der Waals surface area (Å²) in [4.78, 5) is 22.3. The molecule has 0 radical (unpaired) electrons. The minimum Gasteiger partial charge on any atom is -0.480 e. The van der Waals surface area contributed by atoms with Crippen molar-refractivity contribution in [3.63, 3.8) is 0 Å². The summed E-state index contributed by atoms with van der Waals surface area (Å²) in [5.74, 6) is -1.51. The molecule has 0 bridgehead atoms. The topological polar surface area (TPSA) is 86.6 Å². The highest BCUT2D eigenvalue weighted by molar-refractivity contribution is 5.90. The van der Waals surface area contributed by atoms with Gasteiger partial charge in [-0.2, -0.15) is 0 Å². The molecule has 1 aliphatic heterocycles. The highest BCUT2D eigenvalue weighted by Crippen LogP contribution is 2.48. The standard InChI is InChI=1S/C14H15NO4/c16-13(17)7-4-5-9-8-2-1-3-10(8)12(14(18)19)15-11(9)6-7/h4-6,8,10,12,15H,1-3H2,(H,16,17)(H,18,19). The third-order valence-corrected chi connectivity index (χ3v) is 4.27. The number of aromatic carboxylic acids is 1. The normalized spacial score (nSPS) is 28.1. The zero-order valence-electron chi connectivity index (χ0n) is 10.3. The third kappa shape index (κ3) is 1.85. The minimum atomic E-state index is -0.995. The molecular formula is C14H15NO4. The van der Waals surface area contributed by atoms with E-state index in [0.29, 0.717) is 5.69 Å². The molecular weight excluding hydrogens is 246 g/mol. The Morgan fingerprint density at radius 3 is 2.68 bits per heavy atom. The Labute approximate surface area is 110 Å². The Bertz CT molecular complexity index is 554. The van der Waals surface area contributed by atoms with Crippen molar-refractivity contribution in [3.8, 4) is 0 Å². The highest BCUT2D eigenvalue weighted by atomic mass is 16.4. The molecule has 0 aromatic heterocycles. The van der Waals surface area contributed by atoms with Gasteiger partial charge >= 0.3 is 11.9 Å². The first kappa shape index (κ1) is 12.0. The lowest BCUT2D eigenvalue weighted by atomic mass is 9.79. The van der Waals surface area contributed by atoms with Crippen molar-refractivity contribution in [1.29, 1.82) is 0 Å². The monoisotopic (exact) mass is 261 g/mol. The number of fused-ring (bicyclic) bond motifs is 3. The quantitative estimate of drug-likeness (QED) is 0.759. The first-order chi connectivity index (χ1) is 9.08. The molecule has 3 rings (SSSR count). The Hall–Kier alpha value is -2.04. The molecule has 0 spiro atoms. The molecule has 0 amide bonds. The van der Waals surface area contributed by atoms with E-state index >= 15 is 0 Å². The van der Waals surface area contributed by atoms with E-state index in [0.717, 1.165) is 24.8 Å². The molecule has 1 fully saturated rings. The van der Waals surface area contributed by atoms with Gasteiger partial charge in [0.05, 0.1) is 5.56 Å². The van der Waals surface area contributed by atoms with Crippen LogP contribution in [0.4, 0.5) is 5.69 Å². The van der Waals surface area contributed by atoms with Crippen molar-refractivity contribution in [3.05, 3.63) is 29.3 Å². The second-order valence-electron chi connectivity index (χ2n) is 5.27. The van der Waals surface area contributed by atoms with Crippen LogP contribution in [0.1, 0.15) is 41.1 Å². The van der Waals surface area contributed by atoms with Gasteiger partial charge in [0.25, 0.3) is 0 Å². The molecule has 3 atom stereocenters. The molecule has 5 nitrogen and oxygen atoms in total. The molecule has 1 saturated carbocycles. The van der Waals surface area contributed by atoms with Crippen LogP contribution >= 0.6 is 0 Å². The molecule has 3 N–H and O–H groups in total. The molecule has 3 unspecified atom stereocenters. The summed E-state index contributed by atoms with van der Waals surface area (Å²) >= 11 is 0. The van der Waals surface area contributed by atoms with E-state index < -0.39 is 18.0 Å². The number of benzene rings is 1. The maximum Gasteiger partial charge on any atom is 0.335 e. The van der Waals surface area contributed by atoms with E-state index in [4.69, 9.17) is 5.11 Å². The summed E-state index contributed by atoms with van der Waals surface area (Å²) in [6.45, 7) is 0. The van der Waals surface area contributed by atoms with Gasteiger partial charge in [0.1, 0.15) is 6.04 Å². The Morgan fingerprint density at radius 1 is 1.21 bits per heavy atom. The predicted octanol–water partition coefficient (Wildman–Crippen LogP) is 2.15. The summed E-state index contributed by atoms with van der Waals surface area (Å²) < 4.78 is 0. The second-order valence-corrected chi connectivity index (χ2v) is 5.27. The zero-order valence-corrected chi connectivity index (χ0v) is 10.3. The third-order valence-electron chi connectivity index (χ3n) is 4.27. The van der Waals surface area contributed by atoms with Gasteiger partial charge in [0.2, 0.25) is 0 Å². The van der Waals surface area contributed by atoms with Crippen LogP contribution in [0, 0.1) is 5.92 Å². The van der Waals surface area contributed by atoms with Gasteiger partial charge in [0.15, 0.2) is 0 Å². The average Bonchev–Trinajstić information content (AvgIpc) is 2.85. The molecule has 1 heterocycles. The van der Waals surface area contributed by atoms with E-state index in [9.17, 15) is 14.7 Å². The average molecular weight is 261 g/mol. The van der Waals surface area contributed by atoms with Crippen molar-refractivity contribution >= 4 is 17.6 Å². The van der Waals surface area contributed by atoms with E-state index in [1.165, 1.54) is 0 Å². The summed E-state index contributed by atoms with van der Waals surface area (Å²) in [5.41, 5.74) is 1.91. The fraction of sp³-hybridized carbons (Fsp3) is 0.429. The number of nitrogens with one attached hydrogen (secondary N) is 1. The smallest absolute Gasteiger partial charge is 0.335 e. The van der Waals surface area contributed by atoms with Crippen LogP contribution in [0.2, 0.25) is 0 Å². The zero-order chi connectivity index (χ0) is 13.6. The van der Waals surface area contributed by atoms with Gasteiger partial charge in [-0.3, -0.25) is 0 Å². The lowest BCUT2D eigenvalue weighted by Crippen LogP contribution is -2.41. The summed E-state index contributed by atoms with van der Waals surface area (Å²) in [5, 5.41) is 21.3. The molecule has 1 aromatic rings. The highest BCUT2D eigenvalue weighted by Gasteiger charge is 2.42. The van der Waals surface area contributed by atoms with Crippen molar-refractivity contribution in [2.24, 2.45) is 5.92 Å². The minimum absolute atomic E-state index is 0.112. The summed E-state index contributed by atoms with van der Waals surface area (Å²) in [6.07, 6.45) is 2.92. The van der Waals surface area contributed by atoms with Gasteiger partial charge < -0.3 is 15.5 Å². The van der Waals surface area contributed by atoms with Gasteiger partial charge in [0, 0.05) is 5.69 Å². The first-order valence-corrected chi connectivity index (χ1v) is 6.44. The maximum absolute atomic E-state index is 11.3. The largest absolute Gasteiger partial charge is 0.480 e. The van der Waals surface area contributed by atoms with Gasteiger partial charge in [-0.25, -0.2) is 9.59 Å². The molecule has 2 aliphatic rings. The molecule has 19 heavy (non-hydrogen) atoms. The van der Waals surface area contributed by atoms with E-state index in [1.807, 2.05) is 6.07 Å². The number of anilines is 1. The van der Waals surface area contributed by atoms with E-state index in [-0.39, 0.29) is 17.4 Å². The number of carboxylic acids is 2. The molecule has 5 heteroatoms. The number of hydrogen-bond acceptors (Lipinski definition) is 3. The number of aliphatic carboxylic acids is 1. The molecule has 1 aromatic carbocycles. The van der Waals surface area contributed by atoms with Gasteiger partial charge in [-0.15, -0.1) is 0 Å². The lowest BCUT2D eigenvalue weighted by molar-refractivity contribution is -0.139. The number of carboxylic acid groups (broad SMARTS) is 2. The summed E-state index contributed by atoms with van der Waals surface area (Å²) in [6, 6.07) is 4.36. The number of rotatable bonds is 2. The van der Waals surface area contributed by atoms with Gasteiger partial charge in [-0.1, -0.05) is 12.5 Å². The van der Waals surface area contributed by atoms with Gasteiger partial charge in [-0.05, 0) is 42.4 Å². The number of carbonyl (C=O) groups is 2. The van der Waals surface area contributed by atoms with Crippen molar-refractivity contribution in [2.75, 3.05) is 5.32 Å². The van der Waals surface area contributed by atoms with E-state index in [1.54, 1.807) is 12.1 Å². The van der Waals surface area contributed by atoms with Crippen LogP contribution in [0.5, 0.6) is 0 Å². The fourth-order valence-corrected chi connectivity index (χ4v) is 3.43. The molecule has 0 saturated heterocycles. The maximum atomic E-state index is 11.3. The van der Waals surface area contributed by atoms with Crippen molar-refractivity contribution < 1.29 is 19.8 Å². The van der Waals surface area contributed by atoms with Crippen LogP contribution in [-0.4, -0.2) is 28.2 Å².